The number of halogens is 1. The molecule has 1 fully saturated rings. The van der Waals surface area contributed by atoms with Gasteiger partial charge in [-0.15, -0.1) is 0 Å². The first kappa shape index (κ1) is 20.9. The van der Waals surface area contributed by atoms with Gasteiger partial charge < -0.3 is 9.64 Å². The number of hydrogen-bond acceptors (Lipinski definition) is 3. The van der Waals surface area contributed by atoms with Crippen LogP contribution < -0.4 is 9.64 Å². The van der Waals surface area contributed by atoms with E-state index in [1.54, 1.807) is 0 Å². The van der Waals surface area contributed by atoms with Crippen molar-refractivity contribution in [3.8, 4) is 34.1 Å². The van der Waals surface area contributed by atoms with Crippen molar-refractivity contribution >= 4 is 17.3 Å². The molecule has 0 atom stereocenters. The molecule has 0 aromatic heterocycles. The molecule has 1 aliphatic carbocycles. The Labute approximate surface area is 195 Å². The number of nitriles is 1. The van der Waals surface area contributed by atoms with Gasteiger partial charge in [0.1, 0.15) is 6.07 Å². The first-order valence-electron chi connectivity index (χ1n) is 11.6. The number of anilines is 1. The van der Waals surface area contributed by atoms with E-state index in [0.717, 1.165) is 61.3 Å². The summed E-state index contributed by atoms with van der Waals surface area (Å²) in [6.07, 6.45) is 4.13. The molecule has 0 bridgehead atoms. The van der Waals surface area contributed by atoms with Crippen LogP contribution in [0.25, 0.3) is 22.3 Å². The number of benzene rings is 3. The topological polar surface area (TPSA) is 36.3 Å². The van der Waals surface area contributed by atoms with Crippen LogP contribution in [0.15, 0.2) is 42.5 Å². The molecule has 1 saturated heterocycles. The van der Waals surface area contributed by atoms with Crippen LogP contribution in [0.2, 0.25) is 5.02 Å². The van der Waals surface area contributed by atoms with Crippen LogP contribution in [-0.2, 0) is 12.8 Å². The molecule has 0 spiro atoms. The van der Waals surface area contributed by atoms with E-state index in [4.69, 9.17) is 16.3 Å². The van der Waals surface area contributed by atoms with E-state index in [2.05, 4.69) is 54.3 Å². The predicted molar refractivity (Wildman–Crippen MR) is 132 cm³/mol. The average molecular weight is 443 g/mol. The lowest BCUT2D eigenvalue weighted by atomic mass is 9.90. The lowest BCUT2D eigenvalue weighted by molar-refractivity contribution is 0.342. The van der Waals surface area contributed by atoms with Gasteiger partial charge >= 0.3 is 0 Å². The molecular formula is C28H27ClN2O. The van der Waals surface area contributed by atoms with E-state index in [0.29, 0.717) is 17.2 Å². The summed E-state index contributed by atoms with van der Waals surface area (Å²) in [6, 6.07) is 17.4. The minimum atomic E-state index is 0.497. The van der Waals surface area contributed by atoms with E-state index in [9.17, 15) is 5.26 Å². The lowest BCUT2D eigenvalue weighted by Gasteiger charge is -2.26. The second kappa shape index (κ2) is 8.52. The van der Waals surface area contributed by atoms with Crippen LogP contribution in [0.3, 0.4) is 0 Å². The zero-order valence-electron chi connectivity index (χ0n) is 18.7. The van der Waals surface area contributed by atoms with E-state index in [1.165, 1.54) is 27.8 Å². The Morgan fingerprint density at radius 3 is 2.53 bits per heavy atom. The molecule has 5 rings (SSSR count). The Hall–Kier alpha value is -2.96. The average Bonchev–Trinajstić information content (AvgIpc) is 3.47. The second-order valence-corrected chi connectivity index (χ2v) is 8.92. The van der Waals surface area contributed by atoms with E-state index in [1.807, 2.05) is 13.0 Å². The minimum absolute atomic E-state index is 0.497. The van der Waals surface area contributed by atoms with Crippen LogP contribution in [0.5, 0.6) is 5.75 Å². The number of nitrogens with zero attached hydrogens (tertiary/aromatic N) is 2. The Morgan fingerprint density at radius 2 is 1.81 bits per heavy atom. The quantitative estimate of drug-likeness (QED) is 0.333. The highest BCUT2D eigenvalue weighted by molar-refractivity contribution is 6.32. The first-order chi connectivity index (χ1) is 15.7. The highest BCUT2D eigenvalue weighted by atomic mass is 35.5. The number of hydrogen-bond donors (Lipinski definition) is 0. The predicted octanol–water partition coefficient (Wildman–Crippen LogP) is 7.01. The van der Waals surface area contributed by atoms with Gasteiger partial charge in [0.15, 0.2) is 5.75 Å². The summed E-state index contributed by atoms with van der Waals surface area (Å²) < 4.78 is 6.27. The fourth-order valence-electron chi connectivity index (χ4n) is 5.33. The number of fused-ring (bicyclic) bond motifs is 3. The van der Waals surface area contributed by atoms with Crippen LogP contribution in [0.1, 0.15) is 48.9 Å². The molecule has 4 heteroatoms. The Bertz CT molecular complexity index is 1240. The summed E-state index contributed by atoms with van der Waals surface area (Å²) in [5, 5.41) is 10.4. The van der Waals surface area contributed by atoms with Crippen molar-refractivity contribution in [2.45, 2.75) is 39.5 Å². The molecule has 3 aromatic carbocycles. The van der Waals surface area contributed by atoms with E-state index < -0.39 is 0 Å². The maximum Gasteiger partial charge on any atom is 0.151 e. The van der Waals surface area contributed by atoms with Crippen LogP contribution in [-0.4, -0.2) is 19.7 Å². The van der Waals surface area contributed by atoms with Gasteiger partial charge in [0.05, 0.1) is 22.9 Å². The molecule has 3 aromatic rings. The number of rotatable bonds is 5. The molecule has 3 nitrogen and oxygen atoms in total. The largest absolute Gasteiger partial charge is 0.491 e. The third-order valence-electron chi connectivity index (χ3n) is 6.75. The fraction of sp³-hybridized carbons (Fsp3) is 0.321. The molecule has 0 saturated carbocycles. The third-order valence-corrected chi connectivity index (χ3v) is 7.05. The van der Waals surface area contributed by atoms with Crippen molar-refractivity contribution < 1.29 is 4.74 Å². The summed E-state index contributed by atoms with van der Waals surface area (Å²) in [5.41, 5.74) is 10.3. The van der Waals surface area contributed by atoms with Crippen molar-refractivity contribution in [3.63, 3.8) is 0 Å². The van der Waals surface area contributed by atoms with Gasteiger partial charge in [0, 0.05) is 18.7 Å². The van der Waals surface area contributed by atoms with Crippen LogP contribution in [0.4, 0.5) is 5.69 Å². The Kier molecular flexibility index (Phi) is 5.57. The van der Waals surface area contributed by atoms with Gasteiger partial charge in [-0.05, 0) is 72.1 Å². The summed E-state index contributed by atoms with van der Waals surface area (Å²) in [6.45, 7) is 6.60. The zero-order chi connectivity index (χ0) is 22.2. The normalized spacial score (nSPS) is 14.2. The van der Waals surface area contributed by atoms with Gasteiger partial charge in [0.2, 0.25) is 0 Å². The number of aryl methyl sites for hydroxylation is 1. The Morgan fingerprint density at radius 1 is 1.03 bits per heavy atom. The highest BCUT2D eigenvalue weighted by Crippen LogP contribution is 2.50. The monoisotopic (exact) mass is 442 g/mol. The SMILES string of the molecule is CCOc1c(-c2ccc(CC)c3c2Cc2ccccc2-3)cc(Cl)c(C#N)c1N1CCCC1. The minimum Gasteiger partial charge on any atom is -0.491 e. The smallest absolute Gasteiger partial charge is 0.151 e. The van der Waals surface area contributed by atoms with Gasteiger partial charge in [-0.2, -0.15) is 5.26 Å². The fourth-order valence-corrected chi connectivity index (χ4v) is 5.57. The van der Waals surface area contributed by atoms with E-state index >= 15 is 0 Å². The van der Waals surface area contributed by atoms with Crippen molar-refractivity contribution in [3.05, 3.63) is 69.7 Å². The zero-order valence-corrected chi connectivity index (χ0v) is 19.4. The van der Waals surface area contributed by atoms with Crippen molar-refractivity contribution in [1.29, 1.82) is 5.26 Å². The molecule has 32 heavy (non-hydrogen) atoms. The maximum absolute atomic E-state index is 9.94. The summed E-state index contributed by atoms with van der Waals surface area (Å²) in [5.74, 6) is 0.790. The standard InChI is InChI=1S/C28H27ClN2O/c1-3-18-11-12-21(22-15-19-9-5-6-10-20(19)26(18)22)23-16-25(29)24(17-30)27(28(23)32-4-2)31-13-7-8-14-31/h5-6,9-12,16H,3-4,7-8,13-15H2,1-2H3. The second-order valence-electron chi connectivity index (χ2n) is 8.51. The summed E-state index contributed by atoms with van der Waals surface area (Å²) in [7, 11) is 0. The first-order valence-corrected chi connectivity index (χ1v) is 11.9. The molecule has 0 radical (unpaired) electrons. The molecule has 0 unspecified atom stereocenters. The molecule has 1 aliphatic heterocycles. The highest BCUT2D eigenvalue weighted by Gasteiger charge is 2.29. The van der Waals surface area contributed by atoms with Crippen molar-refractivity contribution in [1.82, 2.24) is 0 Å². The van der Waals surface area contributed by atoms with Gasteiger partial charge in [-0.3, -0.25) is 0 Å². The van der Waals surface area contributed by atoms with Gasteiger partial charge in [0.25, 0.3) is 0 Å². The van der Waals surface area contributed by atoms with E-state index in [-0.39, 0.29) is 0 Å². The lowest BCUT2D eigenvalue weighted by Crippen LogP contribution is -2.20. The molecular weight excluding hydrogens is 416 g/mol. The molecule has 162 valence electrons. The van der Waals surface area contributed by atoms with Crippen molar-refractivity contribution in [2.24, 2.45) is 0 Å². The van der Waals surface area contributed by atoms with Gasteiger partial charge in [-0.25, -0.2) is 0 Å². The molecule has 0 amide bonds. The van der Waals surface area contributed by atoms with Gasteiger partial charge in [-0.1, -0.05) is 54.9 Å². The van der Waals surface area contributed by atoms with Crippen LogP contribution >= 0.6 is 11.6 Å². The molecule has 1 heterocycles. The van der Waals surface area contributed by atoms with Crippen LogP contribution in [0, 0.1) is 11.3 Å². The Balaban J connectivity index is 1.79. The molecule has 2 aliphatic rings. The maximum atomic E-state index is 9.94. The summed E-state index contributed by atoms with van der Waals surface area (Å²) in [4.78, 5) is 2.27. The third kappa shape index (κ3) is 3.26. The van der Waals surface area contributed by atoms with Crippen molar-refractivity contribution in [2.75, 3.05) is 24.6 Å². The molecule has 0 N–H and O–H groups in total. The number of ether oxygens (including phenoxy) is 1. The summed E-state index contributed by atoms with van der Waals surface area (Å²) >= 11 is 6.73.